The zero-order valence-electron chi connectivity index (χ0n) is 12.2. The van der Waals surface area contributed by atoms with E-state index >= 15 is 0 Å². The summed E-state index contributed by atoms with van der Waals surface area (Å²) in [5.41, 5.74) is 8.35. The molecule has 0 saturated carbocycles. The third-order valence-corrected chi connectivity index (χ3v) is 3.03. The number of benzene rings is 1. The van der Waals surface area contributed by atoms with Gasteiger partial charge in [-0.3, -0.25) is 0 Å². The standard InChI is InChI=1S/C15H21N3O2/c1-10(2)19-9-13(16)15-17-14(20-18-15)8-12-7-5-4-6-11(12)3/h4-7,10,13H,8-9,16H2,1-3H3. The van der Waals surface area contributed by atoms with Crippen LogP contribution in [0.5, 0.6) is 0 Å². The van der Waals surface area contributed by atoms with Crippen LogP contribution >= 0.6 is 0 Å². The van der Waals surface area contributed by atoms with Crippen LogP contribution in [0.2, 0.25) is 0 Å². The number of aromatic nitrogens is 2. The van der Waals surface area contributed by atoms with E-state index in [-0.39, 0.29) is 12.1 Å². The van der Waals surface area contributed by atoms with Crippen molar-refractivity contribution in [1.29, 1.82) is 0 Å². The molecule has 0 aliphatic carbocycles. The number of nitrogens with zero attached hydrogens (tertiary/aromatic N) is 2. The Morgan fingerprint density at radius 2 is 2.05 bits per heavy atom. The van der Waals surface area contributed by atoms with Gasteiger partial charge in [-0.2, -0.15) is 4.98 Å². The van der Waals surface area contributed by atoms with Crippen LogP contribution in [0.3, 0.4) is 0 Å². The van der Waals surface area contributed by atoms with E-state index in [9.17, 15) is 0 Å². The van der Waals surface area contributed by atoms with E-state index in [1.807, 2.05) is 26.0 Å². The van der Waals surface area contributed by atoms with Gasteiger partial charge in [0.25, 0.3) is 0 Å². The fourth-order valence-electron chi connectivity index (χ4n) is 1.83. The van der Waals surface area contributed by atoms with Gasteiger partial charge in [-0.15, -0.1) is 0 Å². The molecule has 0 saturated heterocycles. The quantitative estimate of drug-likeness (QED) is 0.876. The van der Waals surface area contributed by atoms with Gasteiger partial charge in [0, 0.05) is 0 Å². The number of aryl methyl sites for hydroxylation is 1. The van der Waals surface area contributed by atoms with Crippen LogP contribution in [0.4, 0.5) is 0 Å². The second-order valence-corrected chi connectivity index (χ2v) is 5.14. The Bertz CT molecular complexity index is 552. The molecule has 5 heteroatoms. The lowest BCUT2D eigenvalue weighted by Gasteiger charge is -2.10. The first-order valence-electron chi connectivity index (χ1n) is 6.80. The molecule has 0 aliphatic heterocycles. The predicted molar refractivity (Wildman–Crippen MR) is 76.3 cm³/mol. The summed E-state index contributed by atoms with van der Waals surface area (Å²) >= 11 is 0. The summed E-state index contributed by atoms with van der Waals surface area (Å²) in [5.74, 6) is 1.07. The molecular formula is C15H21N3O2. The predicted octanol–water partition coefficient (Wildman–Crippen LogP) is 2.39. The van der Waals surface area contributed by atoms with E-state index in [4.69, 9.17) is 15.0 Å². The summed E-state index contributed by atoms with van der Waals surface area (Å²) in [4.78, 5) is 4.34. The molecule has 2 aromatic rings. The summed E-state index contributed by atoms with van der Waals surface area (Å²) in [6, 6.07) is 7.78. The van der Waals surface area contributed by atoms with Crippen molar-refractivity contribution >= 4 is 0 Å². The lowest BCUT2D eigenvalue weighted by atomic mass is 10.1. The molecule has 108 valence electrons. The van der Waals surface area contributed by atoms with Crippen molar-refractivity contribution in [2.24, 2.45) is 5.73 Å². The average molecular weight is 275 g/mol. The molecule has 0 aliphatic rings. The van der Waals surface area contributed by atoms with Crippen molar-refractivity contribution in [2.75, 3.05) is 6.61 Å². The third-order valence-electron chi connectivity index (χ3n) is 3.03. The Morgan fingerprint density at radius 3 is 2.75 bits per heavy atom. The normalized spacial score (nSPS) is 12.8. The van der Waals surface area contributed by atoms with Gasteiger partial charge in [0.2, 0.25) is 5.89 Å². The molecule has 20 heavy (non-hydrogen) atoms. The van der Waals surface area contributed by atoms with Crippen LogP contribution in [0.25, 0.3) is 0 Å². The monoisotopic (exact) mass is 275 g/mol. The van der Waals surface area contributed by atoms with Gasteiger partial charge in [-0.25, -0.2) is 0 Å². The van der Waals surface area contributed by atoms with Crippen molar-refractivity contribution in [3.8, 4) is 0 Å². The van der Waals surface area contributed by atoms with Gasteiger partial charge in [0.15, 0.2) is 5.82 Å². The van der Waals surface area contributed by atoms with Gasteiger partial charge >= 0.3 is 0 Å². The third kappa shape index (κ3) is 3.88. The first-order valence-corrected chi connectivity index (χ1v) is 6.80. The average Bonchev–Trinajstić information content (AvgIpc) is 2.87. The largest absolute Gasteiger partial charge is 0.377 e. The van der Waals surface area contributed by atoms with Crippen LogP contribution < -0.4 is 5.73 Å². The molecule has 0 bridgehead atoms. The van der Waals surface area contributed by atoms with Crippen LogP contribution in [0, 0.1) is 6.92 Å². The van der Waals surface area contributed by atoms with Gasteiger partial charge in [0.05, 0.1) is 25.2 Å². The van der Waals surface area contributed by atoms with Crippen LogP contribution in [0.1, 0.15) is 42.7 Å². The smallest absolute Gasteiger partial charge is 0.231 e. The molecular weight excluding hydrogens is 254 g/mol. The highest BCUT2D eigenvalue weighted by Gasteiger charge is 2.15. The first kappa shape index (κ1) is 14.7. The van der Waals surface area contributed by atoms with Crippen molar-refractivity contribution in [1.82, 2.24) is 10.1 Å². The van der Waals surface area contributed by atoms with E-state index in [0.717, 1.165) is 0 Å². The van der Waals surface area contributed by atoms with Crippen LogP contribution in [-0.4, -0.2) is 22.9 Å². The van der Waals surface area contributed by atoms with Crippen molar-refractivity contribution in [2.45, 2.75) is 39.3 Å². The molecule has 2 rings (SSSR count). The molecule has 1 aromatic heterocycles. The maximum Gasteiger partial charge on any atom is 0.231 e. The van der Waals surface area contributed by atoms with E-state index in [1.165, 1.54) is 11.1 Å². The Kier molecular flexibility index (Phi) is 4.87. The molecule has 0 radical (unpaired) electrons. The van der Waals surface area contributed by atoms with Gasteiger partial charge in [-0.1, -0.05) is 29.4 Å². The fourth-order valence-corrected chi connectivity index (χ4v) is 1.83. The van der Waals surface area contributed by atoms with Crippen molar-refractivity contribution in [3.63, 3.8) is 0 Å². The molecule has 0 fully saturated rings. The lowest BCUT2D eigenvalue weighted by molar-refractivity contribution is 0.0665. The SMILES string of the molecule is Cc1ccccc1Cc1nc(C(N)COC(C)C)no1. The van der Waals surface area contributed by atoms with E-state index in [0.29, 0.717) is 24.7 Å². The van der Waals surface area contributed by atoms with Crippen LogP contribution in [0.15, 0.2) is 28.8 Å². The lowest BCUT2D eigenvalue weighted by Crippen LogP contribution is -2.20. The Labute approximate surface area is 119 Å². The van der Waals surface area contributed by atoms with E-state index in [1.54, 1.807) is 0 Å². The molecule has 1 heterocycles. The summed E-state index contributed by atoms with van der Waals surface area (Å²) in [7, 11) is 0. The van der Waals surface area contributed by atoms with Crippen molar-refractivity contribution < 1.29 is 9.26 Å². The Morgan fingerprint density at radius 1 is 1.30 bits per heavy atom. The van der Waals surface area contributed by atoms with E-state index < -0.39 is 0 Å². The number of nitrogens with two attached hydrogens (primary N) is 1. The zero-order valence-corrected chi connectivity index (χ0v) is 12.2. The van der Waals surface area contributed by atoms with E-state index in [2.05, 4.69) is 29.2 Å². The Balaban J connectivity index is 2.00. The molecule has 0 amide bonds. The second kappa shape index (κ2) is 6.63. The zero-order chi connectivity index (χ0) is 14.5. The van der Waals surface area contributed by atoms with Gasteiger partial charge in [-0.05, 0) is 31.9 Å². The minimum Gasteiger partial charge on any atom is -0.377 e. The summed E-state index contributed by atoms with van der Waals surface area (Å²) < 4.78 is 10.7. The number of hydrogen-bond acceptors (Lipinski definition) is 5. The Hall–Kier alpha value is -1.72. The summed E-state index contributed by atoms with van der Waals surface area (Å²) in [6.45, 7) is 6.38. The number of hydrogen-bond donors (Lipinski definition) is 1. The van der Waals surface area contributed by atoms with Crippen molar-refractivity contribution in [3.05, 3.63) is 47.1 Å². The molecule has 0 spiro atoms. The summed E-state index contributed by atoms with van der Waals surface area (Å²) in [5, 5.41) is 3.93. The highest BCUT2D eigenvalue weighted by atomic mass is 16.5. The maximum atomic E-state index is 5.97. The van der Waals surface area contributed by atoms with Gasteiger partial charge < -0.3 is 15.0 Å². The minimum absolute atomic E-state index is 0.138. The molecule has 1 atom stereocenters. The van der Waals surface area contributed by atoms with Gasteiger partial charge in [0.1, 0.15) is 0 Å². The van der Waals surface area contributed by atoms with Crippen LogP contribution in [-0.2, 0) is 11.2 Å². The number of rotatable bonds is 6. The maximum absolute atomic E-state index is 5.97. The topological polar surface area (TPSA) is 74.2 Å². The minimum atomic E-state index is -0.355. The highest BCUT2D eigenvalue weighted by Crippen LogP contribution is 2.14. The summed E-state index contributed by atoms with van der Waals surface area (Å²) in [6.07, 6.45) is 0.761. The molecule has 1 unspecified atom stereocenters. The molecule has 2 N–H and O–H groups in total. The molecule has 1 aromatic carbocycles. The number of ether oxygens (including phenoxy) is 1. The fraction of sp³-hybridized carbons (Fsp3) is 0.467. The first-order chi connectivity index (χ1) is 9.56. The molecule has 5 nitrogen and oxygen atoms in total. The second-order valence-electron chi connectivity index (χ2n) is 5.14. The highest BCUT2D eigenvalue weighted by molar-refractivity contribution is 5.27.